The maximum atomic E-state index is 13.0. The van der Waals surface area contributed by atoms with Gasteiger partial charge in [-0.3, -0.25) is 9.59 Å². The average Bonchev–Trinajstić information content (AvgIpc) is 3.65. The molecule has 0 aliphatic carbocycles. The molecule has 9 nitrogen and oxygen atoms in total. The van der Waals surface area contributed by atoms with E-state index in [0.717, 1.165) is 83.5 Å². The van der Waals surface area contributed by atoms with Crippen LogP contribution < -0.4 is 5.11 Å². The average molecular weight is 1270 g/mol. The van der Waals surface area contributed by atoms with Gasteiger partial charge in [-0.2, -0.15) is 0 Å². The van der Waals surface area contributed by atoms with Gasteiger partial charge in [0.05, 0.1) is 40.3 Å². The Morgan fingerprint density at radius 3 is 0.934 bits per heavy atom. The van der Waals surface area contributed by atoms with E-state index >= 15 is 0 Å². The number of carboxylic acid groups (broad SMARTS) is 1. The second-order valence-corrected chi connectivity index (χ2v) is 26.9. The molecule has 2 unspecified atom stereocenters. The number of likely N-dealkylation sites (N-methyl/N-ethyl adjacent to an activating group) is 1. The van der Waals surface area contributed by atoms with E-state index in [1.54, 1.807) is 0 Å². The standard InChI is InChI=1S/C82H145NO8/c1-6-8-10-12-14-16-18-20-22-24-26-28-30-32-34-36-38-39-40-41-43-44-46-48-50-52-54-56-58-60-62-64-66-68-70-72-79(84)89-76-78(77-90-82(81(86)87)88-75-74-83(3,4)5)91-80(85)73-71-69-67-65-63-61-59-57-55-53-51-49-47-45-42-37-35-33-31-29-27-25-23-21-19-17-15-13-11-9-7-2/h9,11,15,17-18,20-21,23-24,26-27,29,33,35,42,45,78,82H,6-8,10,12-14,16,19,22,25,28,30-32,34,36-41,43-44,46-77H2,1-5H3/b11-9-,17-15-,20-18-,23-21-,26-24-,29-27-,35-33-,45-42-. The molecule has 0 radical (unpaired) electrons. The van der Waals surface area contributed by atoms with Crippen LogP contribution in [0.1, 0.15) is 348 Å². The minimum atomic E-state index is -1.63. The Bertz CT molecular complexity index is 1820. The lowest BCUT2D eigenvalue weighted by atomic mass is 10.0. The van der Waals surface area contributed by atoms with Crippen molar-refractivity contribution in [2.24, 2.45) is 0 Å². The van der Waals surface area contributed by atoms with Gasteiger partial charge >= 0.3 is 11.9 Å². The van der Waals surface area contributed by atoms with Crippen molar-refractivity contribution >= 4 is 17.9 Å². The van der Waals surface area contributed by atoms with Gasteiger partial charge in [-0.1, -0.05) is 336 Å². The normalized spacial score (nSPS) is 13.2. The third kappa shape index (κ3) is 73.5. The minimum absolute atomic E-state index is 0.146. The monoisotopic (exact) mass is 1270 g/mol. The molecular formula is C82H145NO8. The highest BCUT2D eigenvalue weighted by molar-refractivity contribution is 5.70. The number of ether oxygens (including phenoxy) is 4. The summed E-state index contributed by atoms with van der Waals surface area (Å²) in [7, 11) is 5.94. The highest BCUT2D eigenvalue weighted by Gasteiger charge is 2.22. The fourth-order valence-electron chi connectivity index (χ4n) is 11.0. The van der Waals surface area contributed by atoms with Gasteiger partial charge in [-0.25, -0.2) is 0 Å². The van der Waals surface area contributed by atoms with Crippen molar-refractivity contribution in [3.05, 3.63) is 97.2 Å². The number of nitrogens with zero attached hydrogens (tertiary/aromatic N) is 1. The van der Waals surface area contributed by atoms with Crippen molar-refractivity contribution in [2.75, 3.05) is 47.5 Å². The summed E-state index contributed by atoms with van der Waals surface area (Å²) in [5.41, 5.74) is 0. The largest absolute Gasteiger partial charge is 0.545 e. The zero-order valence-corrected chi connectivity index (χ0v) is 60.2. The molecule has 91 heavy (non-hydrogen) atoms. The van der Waals surface area contributed by atoms with E-state index in [2.05, 4.69) is 111 Å². The predicted molar refractivity (Wildman–Crippen MR) is 389 cm³/mol. The molecule has 0 rings (SSSR count). The van der Waals surface area contributed by atoms with E-state index < -0.39 is 24.3 Å². The minimum Gasteiger partial charge on any atom is -0.545 e. The third-order valence-corrected chi connectivity index (χ3v) is 16.8. The van der Waals surface area contributed by atoms with E-state index in [9.17, 15) is 19.5 Å². The molecule has 0 saturated carbocycles. The summed E-state index contributed by atoms with van der Waals surface area (Å²) in [6.07, 6.45) is 96.6. The molecule has 0 saturated heterocycles. The first-order valence-electron chi connectivity index (χ1n) is 38.4. The van der Waals surface area contributed by atoms with Gasteiger partial charge in [0.1, 0.15) is 13.2 Å². The Morgan fingerprint density at radius 2 is 0.626 bits per heavy atom. The van der Waals surface area contributed by atoms with Crippen LogP contribution in [-0.4, -0.2) is 82.3 Å². The highest BCUT2D eigenvalue weighted by atomic mass is 16.7. The van der Waals surface area contributed by atoms with E-state index in [0.29, 0.717) is 23.9 Å². The molecule has 0 aliphatic heterocycles. The topological polar surface area (TPSA) is 111 Å². The van der Waals surface area contributed by atoms with Crippen molar-refractivity contribution in [2.45, 2.75) is 360 Å². The number of esters is 2. The number of quaternary nitrogens is 1. The van der Waals surface area contributed by atoms with Crippen LogP contribution in [0.2, 0.25) is 0 Å². The SMILES string of the molecule is CC/C=C\C/C=C\C/C=C\C/C=C\C/C=C\C/C=C\CCCCCCCCCCCCCCC(=O)OC(COC(=O)CCCCCCCCCCCCCCCCCCCCCCCCC/C=C\C/C=C\CCCCCCC)COC(OCC[N+](C)(C)C)C(=O)[O-]. The number of rotatable bonds is 71. The van der Waals surface area contributed by atoms with Gasteiger partial charge in [0.25, 0.3) is 0 Å². The Labute approximate surface area is 562 Å². The molecule has 0 aromatic carbocycles. The van der Waals surface area contributed by atoms with Crippen LogP contribution in [0.3, 0.4) is 0 Å². The number of allylic oxidation sites excluding steroid dienone is 16. The van der Waals surface area contributed by atoms with Crippen molar-refractivity contribution < 1.29 is 42.9 Å². The van der Waals surface area contributed by atoms with Gasteiger partial charge in [0.15, 0.2) is 12.4 Å². The number of carbonyl (C=O) groups excluding carboxylic acids is 3. The summed E-state index contributed by atoms with van der Waals surface area (Å²) in [6, 6.07) is 0. The molecule has 0 fully saturated rings. The molecule has 0 aromatic rings. The summed E-state index contributed by atoms with van der Waals surface area (Å²) in [4.78, 5) is 37.6. The van der Waals surface area contributed by atoms with Crippen LogP contribution in [0, 0.1) is 0 Å². The molecular weight excluding hydrogens is 1130 g/mol. The molecule has 0 N–H and O–H groups in total. The lowest BCUT2D eigenvalue weighted by Gasteiger charge is -2.26. The summed E-state index contributed by atoms with van der Waals surface area (Å²) < 4.78 is 22.9. The Hall–Kier alpha value is -3.79. The number of hydrogen-bond donors (Lipinski definition) is 0. The second kappa shape index (κ2) is 72.0. The maximum absolute atomic E-state index is 13.0. The molecule has 526 valence electrons. The zero-order valence-electron chi connectivity index (χ0n) is 60.2. The fourth-order valence-corrected chi connectivity index (χ4v) is 11.0. The van der Waals surface area contributed by atoms with Gasteiger partial charge in [-0.05, 0) is 96.3 Å². The predicted octanol–water partition coefficient (Wildman–Crippen LogP) is 23.0. The van der Waals surface area contributed by atoms with Crippen LogP contribution in [0.4, 0.5) is 0 Å². The third-order valence-electron chi connectivity index (χ3n) is 16.8. The molecule has 0 amide bonds. The van der Waals surface area contributed by atoms with Gasteiger partial charge < -0.3 is 33.3 Å². The lowest BCUT2D eigenvalue weighted by Crippen LogP contribution is -2.44. The first-order chi connectivity index (χ1) is 44.6. The zero-order chi connectivity index (χ0) is 66.1. The number of hydrogen-bond acceptors (Lipinski definition) is 8. The summed E-state index contributed by atoms with van der Waals surface area (Å²) in [5.74, 6) is -2.27. The first kappa shape index (κ1) is 87.2. The highest BCUT2D eigenvalue weighted by Crippen LogP contribution is 2.18. The van der Waals surface area contributed by atoms with Crippen LogP contribution in [-0.2, 0) is 33.3 Å². The Kier molecular flexibility index (Phi) is 69.0. The Morgan fingerprint density at radius 1 is 0.341 bits per heavy atom. The van der Waals surface area contributed by atoms with Crippen molar-refractivity contribution in [1.29, 1.82) is 0 Å². The molecule has 2 atom stereocenters. The summed E-state index contributed by atoms with van der Waals surface area (Å²) >= 11 is 0. The maximum Gasteiger partial charge on any atom is 0.306 e. The smallest absolute Gasteiger partial charge is 0.306 e. The van der Waals surface area contributed by atoms with Crippen LogP contribution in [0.25, 0.3) is 0 Å². The van der Waals surface area contributed by atoms with E-state index in [1.807, 2.05) is 21.1 Å². The van der Waals surface area contributed by atoms with Crippen LogP contribution in [0.15, 0.2) is 97.2 Å². The number of carboxylic acids is 1. The molecule has 9 heteroatoms. The molecule has 0 aromatic heterocycles. The number of carbonyl (C=O) groups is 3. The lowest BCUT2D eigenvalue weighted by molar-refractivity contribution is -0.870. The molecule has 0 spiro atoms. The van der Waals surface area contributed by atoms with Crippen molar-refractivity contribution in [3.63, 3.8) is 0 Å². The summed E-state index contributed by atoms with van der Waals surface area (Å²) in [6.45, 7) is 4.66. The van der Waals surface area contributed by atoms with Crippen molar-refractivity contribution in [3.8, 4) is 0 Å². The molecule has 0 bridgehead atoms. The van der Waals surface area contributed by atoms with E-state index in [-0.39, 0.29) is 32.2 Å². The Balaban J connectivity index is 4.04. The quantitative estimate of drug-likeness (QED) is 0.0195. The van der Waals surface area contributed by atoms with Gasteiger partial charge in [0, 0.05) is 12.8 Å². The number of unbranched alkanes of at least 4 members (excludes halogenated alkanes) is 40. The van der Waals surface area contributed by atoms with E-state index in [4.69, 9.17) is 18.9 Å². The van der Waals surface area contributed by atoms with Gasteiger partial charge in [-0.15, -0.1) is 0 Å². The van der Waals surface area contributed by atoms with Crippen LogP contribution in [0.5, 0.6) is 0 Å². The van der Waals surface area contributed by atoms with Gasteiger partial charge in [0.2, 0.25) is 0 Å². The van der Waals surface area contributed by atoms with E-state index in [1.165, 1.54) is 231 Å². The fraction of sp³-hybridized carbons (Fsp3) is 0.768. The first-order valence-corrected chi connectivity index (χ1v) is 38.4. The van der Waals surface area contributed by atoms with Crippen molar-refractivity contribution in [1.82, 2.24) is 0 Å². The number of aliphatic carboxylic acids is 1. The molecule has 0 aliphatic rings. The van der Waals surface area contributed by atoms with Crippen LogP contribution >= 0.6 is 0 Å². The molecule has 0 heterocycles. The second-order valence-electron chi connectivity index (χ2n) is 26.9. The summed E-state index contributed by atoms with van der Waals surface area (Å²) in [5, 5.41) is 11.8.